The number of hydrogen-bond donors (Lipinski definition) is 0. The maximum Gasteiger partial charge on any atom is 0.306 e. The van der Waals surface area contributed by atoms with Gasteiger partial charge in [-0.05, 0) is 135 Å². The van der Waals surface area contributed by atoms with Gasteiger partial charge in [0.25, 0.3) is 0 Å². The van der Waals surface area contributed by atoms with Crippen molar-refractivity contribution in [1.82, 2.24) is 0 Å². The zero-order valence-corrected chi connectivity index (χ0v) is 51.3. The Labute approximate surface area is 492 Å². The van der Waals surface area contributed by atoms with E-state index >= 15 is 0 Å². The largest absolute Gasteiger partial charge is 0.462 e. The van der Waals surface area contributed by atoms with Crippen LogP contribution >= 0.6 is 0 Å². The zero-order valence-electron chi connectivity index (χ0n) is 51.3. The Bertz CT molecular complexity index is 1840. The second-order valence-corrected chi connectivity index (χ2v) is 20.6. The SMILES string of the molecule is CC/C=C\C/C=C\C/C=C\C/C=C\C/C=C\C/C=C\C/C=C\C/C=C\CCCCCCCCCCCCC(=O)OCC(COC(=O)CCCCCCCC)OC(=O)CCCC/C=C\C/C=C\C/C=C\C/C=C\C/C=C\C/C=C\CC. The third-order valence-corrected chi connectivity index (χ3v) is 13.0. The number of rotatable bonds is 56. The number of allylic oxidation sites excluding steroid dienone is 28. The van der Waals surface area contributed by atoms with E-state index in [-0.39, 0.29) is 37.5 Å². The molecule has 0 spiro atoms. The van der Waals surface area contributed by atoms with Gasteiger partial charge in [0, 0.05) is 19.3 Å². The number of esters is 3. The first-order valence-corrected chi connectivity index (χ1v) is 32.1. The highest BCUT2D eigenvalue weighted by Crippen LogP contribution is 2.14. The summed E-state index contributed by atoms with van der Waals surface area (Å²) >= 11 is 0. The molecule has 1 atom stereocenters. The predicted octanol–water partition coefficient (Wildman–Crippen LogP) is 22.3. The number of carbonyl (C=O) groups is 3. The van der Waals surface area contributed by atoms with Crippen molar-refractivity contribution in [2.45, 2.75) is 264 Å². The van der Waals surface area contributed by atoms with Gasteiger partial charge in [-0.3, -0.25) is 14.4 Å². The van der Waals surface area contributed by atoms with Crippen LogP contribution in [0.15, 0.2) is 170 Å². The Kier molecular flexibility index (Phi) is 61.9. The molecular formula is C74H116O6. The molecule has 6 nitrogen and oxygen atoms in total. The van der Waals surface area contributed by atoms with Crippen molar-refractivity contribution in [1.29, 1.82) is 0 Å². The lowest BCUT2D eigenvalue weighted by atomic mass is 10.1. The molecule has 0 amide bonds. The molecule has 0 aromatic heterocycles. The number of hydrogen-bond acceptors (Lipinski definition) is 6. The van der Waals surface area contributed by atoms with Crippen LogP contribution < -0.4 is 0 Å². The lowest BCUT2D eigenvalue weighted by molar-refractivity contribution is -0.167. The van der Waals surface area contributed by atoms with E-state index in [2.05, 4.69) is 191 Å². The Morgan fingerprint density at radius 1 is 0.263 bits per heavy atom. The molecule has 1 unspecified atom stereocenters. The van der Waals surface area contributed by atoms with Gasteiger partial charge < -0.3 is 14.2 Å². The average molecular weight is 1100 g/mol. The first-order chi connectivity index (χ1) is 39.5. The fourth-order valence-electron chi connectivity index (χ4n) is 8.23. The molecule has 0 fully saturated rings. The molecule has 0 heterocycles. The molecule has 0 bridgehead atoms. The standard InChI is InChI=1S/C74H116O6/c1-4-7-10-13-16-18-20-22-24-26-28-30-31-32-33-34-35-36-37-38-39-40-41-42-43-45-46-48-50-52-54-56-58-61-64-67-73(76)79-70-71(69-78-72(75)66-63-60-15-12-9-6-3)80-74(77)68-65-62-59-57-55-53-51-49-47-44-29-27-25-23-21-19-17-14-11-8-5-2/h7-8,10-11,16-19,22-25,28-30,32-33,35-36,38-39,41-42,44,49,51,55,57,71H,4-6,9,12-15,20-21,26-27,31,34,37,40,43,45-48,50,52-54,56,58-70H2,1-3H3/b10-7-,11-8-,18-16-,19-17-,24-22-,25-23-,30-28-,33-32-,36-35-,39-38-,42-41-,44-29-,51-49-,57-55-. The van der Waals surface area contributed by atoms with Gasteiger partial charge in [0.1, 0.15) is 13.2 Å². The van der Waals surface area contributed by atoms with Crippen LogP contribution in [0.2, 0.25) is 0 Å². The second kappa shape index (κ2) is 66.3. The predicted molar refractivity (Wildman–Crippen MR) is 348 cm³/mol. The molecular weight excluding hydrogens is 985 g/mol. The van der Waals surface area contributed by atoms with E-state index < -0.39 is 6.10 Å². The molecule has 0 aliphatic heterocycles. The van der Waals surface area contributed by atoms with Crippen LogP contribution in [0.25, 0.3) is 0 Å². The maximum absolute atomic E-state index is 12.8. The third kappa shape index (κ3) is 63.6. The number of unbranched alkanes of at least 4 members (excludes halogenated alkanes) is 17. The van der Waals surface area contributed by atoms with Gasteiger partial charge in [-0.2, -0.15) is 0 Å². The highest BCUT2D eigenvalue weighted by molar-refractivity contribution is 5.71. The summed E-state index contributed by atoms with van der Waals surface area (Å²) in [5, 5.41) is 0. The molecule has 0 saturated carbocycles. The molecule has 0 aromatic rings. The Balaban J connectivity index is 4.16. The van der Waals surface area contributed by atoms with Crippen molar-refractivity contribution in [3.8, 4) is 0 Å². The van der Waals surface area contributed by atoms with Gasteiger partial charge in [-0.1, -0.05) is 274 Å². The zero-order chi connectivity index (χ0) is 57.8. The molecule has 80 heavy (non-hydrogen) atoms. The van der Waals surface area contributed by atoms with Crippen LogP contribution in [0, 0.1) is 0 Å². The van der Waals surface area contributed by atoms with Gasteiger partial charge in [0.2, 0.25) is 0 Å². The Morgan fingerprint density at radius 3 is 0.787 bits per heavy atom. The molecule has 0 radical (unpaired) electrons. The van der Waals surface area contributed by atoms with Crippen LogP contribution in [-0.4, -0.2) is 37.2 Å². The lowest BCUT2D eigenvalue weighted by Crippen LogP contribution is -2.30. The van der Waals surface area contributed by atoms with Crippen molar-refractivity contribution < 1.29 is 28.6 Å². The molecule has 0 N–H and O–H groups in total. The summed E-state index contributed by atoms with van der Waals surface area (Å²) in [7, 11) is 0. The van der Waals surface area contributed by atoms with Crippen molar-refractivity contribution in [3.05, 3.63) is 170 Å². The average Bonchev–Trinajstić information content (AvgIpc) is 3.46. The summed E-state index contributed by atoms with van der Waals surface area (Å²) < 4.78 is 16.7. The normalized spacial score (nSPS) is 13.3. The smallest absolute Gasteiger partial charge is 0.306 e. The highest BCUT2D eigenvalue weighted by atomic mass is 16.6. The topological polar surface area (TPSA) is 78.9 Å². The van der Waals surface area contributed by atoms with E-state index in [1.807, 2.05) is 0 Å². The first kappa shape index (κ1) is 74.8. The van der Waals surface area contributed by atoms with E-state index in [9.17, 15) is 14.4 Å². The van der Waals surface area contributed by atoms with Crippen molar-refractivity contribution in [2.24, 2.45) is 0 Å². The molecule has 0 aliphatic carbocycles. The third-order valence-electron chi connectivity index (χ3n) is 13.0. The van der Waals surface area contributed by atoms with E-state index in [0.29, 0.717) is 19.3 Å². The monoisotopic (exact) mass is 1100 g/mol. The van der Waals surface area contributed by atoms with E-state index in [1.54, 1.807) is 0 Å². The van der Waals surface area contributed by atoms with Gasteiger partial charge in [0.05, 0.1) is 0 Å². The fraction of sp³-hybridized carbons (Fsp3) is 0.581. The summed E-state index contributed by atoms with van der Waals surface area (Å²) in [6, 6.07) is 0. The Hall–Kier alpha value is -5.23. The first-order valence-electron chi connectivity index (χ1n) is 32.1. The Morgan fingerprint density at radius 2 is 0.487 bits per heavy atom. The van der Waals surface area contributed by atoms with Crippen LogP contribution in [0.3, 0.4) is 0 Å². The number of ether oxygens (including phenoxy) is 3. The lowest BCUT2D eigenvalue weighted by Gasteiger charge is -2.18. The van der Waals surface area contributed by atoms with Crippen LogP contribution in [0.5, 0.6) is 0 Å². The molecule has 0 aliphatic rings. The van der Waals surface area contributed by atoms with E-state index in [4.69, 9.17) is 14.2 Å². The van der Waals surface area contributed by atoms with Crippen LogP contribution in [0.4, 0.5) is 0 Å². The fourth-order valence-corrected chi connectivity index (χ4v) is 8.23. The molecule has 6 heteroatoms. The molecule has 448 valence electrons. The summed E-state index contributed by atoms with van der Waals surface area (Å²) in [5.74, 6) is -0.967. The van der Waals surface area contributed by atoms with Gasteiger partial charge in [0.15, 0.2) is 6.10 Å². The second-order valence-electron chi connectivity index (χ2n) is 20.6. The van der Waals surface area contributed by atoms with Crippen molar-refractivity contribution in [3.63, 3.8) is 0 Å². The maximum atomic E-state index is 12.8. The summed E-state index contributed by atoms with van der Waals surface area (Å²) in [6.07, 6.45) is 98.3. The van der Waals surface area contributed by atoms with Gasteiger partial charge in [-0.25, -0.2) is 0 Å². The van der Waals surface area contributed by atoms with E-state index in [0.717, 1.165) is 148 Å². The number of carbonyl (C=O) groups excluding carboxylic acids is 3. The minimum absolute atomic E-state index is 0.103. The quantitative estimate of drug-likeness (QED) is 0.0261. The van der Waals surface area contributed by atoms with Gasteiger partial charge in [-0.15, -0.1) is 0 Å². The van der Waals surface area contributed by atoms with Gasteiger partial charge >= 0.3 is 17.9 Å². The molecule has 0 rings (SSSR count). The van der Waals surface area contributed by atoms with Crippen LogP contribution in [0.1, 0.15) is 258 Å². The van der Waals surface area contributed by atoms with Crippen molar-refractivity contribution >= 4 is 17.9 Å². The molecule has 0 aromatic carbocycles. The van der Waals surface area contributed by atoms with Crippen molar-refractivity contribution in [2.75, 3.05) is 13.2 Å². The highest BCUT2D eigenvalue weighted by Gasteiger charge is 2.19. The minimum atomic E-state index is -0.808. The minimum Gasteiger partial charge on any atom is -0.462 e. The summed E-state index contributed by atoms with van der Waals surface area (Å²) in [5.41, 5.74) is 0. The summed E-state index contributed by atoms with van der Waals surface area (Å²) in [6.45, 7) is 6.30. The van der Waals surface area contributed by atoms with E-state index in [1.165, 1.54) is 64.2 Å². The summed E-state index contributed by atoms with van der Waals surface area (Å²) in [4.78, 5) is 38.0. The van der Waals surface area contributed by atoms with Crippen LogP contribution in [-0.2, 0) is 28.6 Å². The molecule has 0 saturated heterocycles.